The highest BCUT2D eigenvalue weighted by molar-refractivity contribution is 7.18. The second kappa shape index (κ2) is 2.57. The van der Waals surface area contributed by atoms with E-state index >= 15 is 0 Å². The lowest BCUT2D eigenvalue weighted by atomic mass is 10.1. The van der Waals surface area contributed by atoms with Crippen LogP contribution in [0.5, 0.6) is 0 Å². The van der Waals surface area contributed by atoms with Gasteiger partial charge in [-0.25, -0.2) is 0 Å². The van der Waals surface area contributed by atoms with Crippen LogP contribution in [0.25, 0.3) is 20.9 Å². The van der Waals surface area contributed by atoms with Crippen LogP contribution in [0.4, 0.5) is 0 Å². The summed E-state index contributed by atoms with van der Waals surface area (Å²) in [6.45, 7) is 0. The highest BCUT2D eigenvalue weighted by atomic mass is 32.1. The van der Waals surface area contributed by atoms with Gasteiger partial charge in [-0.3, -0.25) is 0 Å². The van der Waals surface area contributed by atoms with Crippen molar-refractivity contribution in [3.8, 4) is 0 Å². The lowest BCUT2D eigenvalue weighted by molar-refractivity contribution is 1.81. The summed E-state index contributed by atoms with van der Waals surface area (Å²) in [7, 11) is 0. The molecular weight excluding hydrogens is 176 g/mol. The van der Waals surface area contributed by atoms with Crippen LogP contribution in [0.1, 0.15) is 0 Å². The molecule has 0 saturated heterocycles. The Balaban J connectivity index is 2.65. The van der Waals surface area contributed by atoms with E-state index in [4.69, 9.17) is 0 Å². The maximum Gasteiger partial charge on any atom is 0.0427 e. The van der Waals surface area contributed by atoms with Crippen LogP contribution in [-0.2, 0) is 0 Å². The molecular formula is C12H7S. The summed E-state index contributed by atoms with van der Waals surface area (Å²) in [4.78, 5) is 0. The minimum absolute atomic E-state index is 1.23. The Morgan fingerprint density at radius 3 is 2.92 bits per heavy atom. The summed E-state index contributed by atoms with van der Waals surface area (Å²) in [5, 5.41) is 5.90. The minimum Gasteiger partial charge on any atom is -0.142 e. The number of hydrogen-bond donors (Lipinski definition) is 0. The monoisotopic (exact) mass is 183 g/mol. The standard InChI is InChI=1S/C12H7S/c1-2-4-11-9(3-1)5-6-10-7-8-13-12(10)11/h1-6,8H. The molecule has 0 bridgehead atoms. The molecule has 0 unspecified atom stereocenters. The average Bonchev–Trinajstić information content (AvgIpc) is 2.65. The molecule has 0 aliphatic heterocycles. The van der Waals surface area contributed by atoms with Crippen molar-refractivity contribution in [3.05, 3.63) is 47.8 Å². The topological polar surface area (TPSA) is 0 Å². The largest absolute Gasteiger partial charge is 0.142 e. The predicted octanol–water partition coefficient (Wildman–Crippen LogP) is 3.85. The third-order valence-corrected chi connectivity index (χ3v) is 3.18. The van der Waals surface area contributed by atoms with Gasteiger partial charge in [0, 0.05) is 16.2 Å². The number of hydrogen-bond acceptors (Lipinski definition) is 1. The number of rotatable bonds is 0. The molecule has 1 heteroatoms. The Hall–Kier alpha value is -1.34. The van der Waals surface area contributed by atoms with Crippen LogP contribution in [0, 0.1) is 6.07 Å². The molecule has 0 N–H and O–H groups in total. The van der Waals surface area contributed by atoms with Gasteiger partial charge in [-0.15, -0.1) is 11.3 Å². The quantitative estimate of drug-likeness (QED) is 0.496. The summed E-state index contributed by atoms with van der Waals surface area (Å²) >= 11 is 1.76. The zero-order valence-electron chi connectivity index (χ0n) is 6.95. The molecule has 1 radical (unpaired) electrons. The van der Waals surface area contributed by atoms with Crippen LogP contribution in [-0.4, -0.2) is 0 Å². The van der Waals surface area contributed by atoms with Gasteiger partial charge in [0.05, 0.1) is 0 Å². The SMILES string of the molecule is [c]1csc2c1ccc1ccccc12. The molecule has 0 spiro atoms. The van der Waals surface area contributed by atoms with Crippen molar-refractivity contribution in [3.63, 3.8) is 0 Å². The fourth-order valence-electron chi connectivity index (χ4n) is 1.64. The molecule has 61 valence electrons. The molecule has 1 heterocycles. The first-order valence-corrected chi connectivity index (χ1v) is 5.10. The molecule has 1 aromatic heterocycles. The van der Waals surface area contributed by atoms with Crippen molar-refractivity contribution in [2.24, 2.45) is 0 Å². The fraction of sp³-hybridized carbons (Fsp3) is 0. The molecule has 0 fully saturated rings. The summed E-state index contributed by atoms with van der Waals surface area (Å²) in [5.41, 5.74) is 0. The van der Waals surface area contributed by atoms with Crippen molar-refractivity contribution in [2.75, 3.05) is 0 Å². The molecule has 2 aromatic carbocycles. The third-order valence-electron chi connectivity index (χ3n) is 2.27. The van der Waals surface area contributed by atoms with Crippen molar-refractivity contribution < 1.29 is 0 Å². The van der Waals surface area contributed by atoms with E-state index in [9.17, 15) is 0 Å². The lowest BCUT2D eigenvalue weighted by Gasteiger charge is -1.97. The summed E-state index contributed by atoms with van der Waals surface area (Å²) in [5.74, 6) is 0. The van der Waals surface area contributed by atoms with Crippen molar-refractivity contribution in [2.45, 2.75) is 0 Å². The average molecular weight is 183 g/mol. The van der Waals surface area contributed by atoms with Crippen molar-refractivity contribution >= 4 is 32.2 Å². The van der Waals surface area contributed by atoms with E-state index in [0.717, 1.165) is 0 Å². The van der Waals surface area contributed by atoms with Gasteiger partial charge in [0.2, 0.25) is 0 Å². The van der Waals surface area contributed by atoms with Crippen LogP contribution in [0.2, 0.25) is 0 Å². The van der Waals surface area contributed by atoms with Crippen LogP contribution in [0.15, 0.2) is 41.8 Å². The third kappa shape index (κ3) is 0.973. The van der Waals surface area contributed by atoms with E-state index in [1.165, 1.54) is 20.9 Å². The second-order valence-corrected chi connectivity index (χ2v) is 3.92. The summed E-state index contributed by atoms with van der Waals surface area (Å²) < 4.78 is 1.35. The zero-order valence-corrected chi connectivity index (χ0v) is 7.77. The Morgan fingerprint density at radius 2 is 1.92 bits per heavy atom. The fourth-order valence-corrected chi connectivity index (χ4v) is 2.51. The van der Waals surface area contributed by atoms with E-state index in [-0.39, 0.29) is 0 Å². The van der Waals surface area contributed by atoms with E-state index in [0.29, 0.717) is 0 Å². The minimum atomic E-state index is 1.23. The Bertz CT molecular complexity index is 563. The molecule has 0 aliphatic carbocycles. The van der Waals surface area contributed by atoms with Gasteiger partial charge in [0.15, 0.2) is 0 Å². The molecule has 3 rings (SSSR count). The molecule has 0 aliphatic rings. The second-order valence-electron chi connectivity index (χ2n) is 3.04. The first-order chi connectivity index (χ1) is 6.45. The number of thiophene rings is 1. The number of benzene rings is 2. The smallest absolute Gasteiger partial charge is 0.0427 e. The first-order valence-electron chi connectivity index (χ1n) is 4.22. The normalized spacial score (nSPS) is 11.1. The van der Waals surface area contributed by atoms with Gasteiger partial charge in [0.1, 0.15) is 0 Å². The van der Waals surface area contributed by atoms with E-state index < -0.39 is 0 Å². The molecule has 13 heavy (non-hydrogen) atoms. The molecule has 0 atom stereocenters. The zero-order chi connectivity index (χ0) is 8.67. The maximum absolute atomic E-state index is 3.23. The predicted molar refractivity (Wildman–Crippen MR) is 58.2 cm³/mol. The first kappa shape index (κ1) is 7.10. The van der Waals surface area contributed by atoms with Crippen molar-refractivity contribution in [1.29, 1.82) is 0 Å². The molecule has 0 amide bonds. The molecule has 0 nitrogen and oxygen atoms in total. The van der Waals surface area contributed by atoms with Gasteiger partial charge in [-0.2, -0.15) is 0 Å². The van der Waals surface area contributed by atoms with E-state index in [2.05, 4.69) is 42.5 Å². The van der Waals surface area contributed by atoms with Crippen LogP contribution >= 0.6 is 11.3 Å². The summed E-state index contributed by atoms with van der Waals surface area (Å²) in [6, 6.07) is 16.0. The molecule has 3 aromatic rings. The summed E-state index contributed by atoms with van der Waals surface area (Å²) in [6.07, 6.45) is 0. The van der Waals surface area contributed by atoms with Crippen molar-refractivity contribution in [1.82, 2.24) is 0 Å². The van der Waals surface area contributed by atoms with Gasteiger partial charge in [0.25, 0.3) is 0 Å². The number of fused-ring (bicyclic) bond motifs is 3. The Morgan fingerprint density at radius 1 is 1.00 bits per heavy atom. The maximum atomic E-state index is 3.23. The van der Waals surface area contributed by atoms with Crippen LogP contribution < -0.4 is 0 Å². The molecule has 0 saturated carbocycles. The lowest BCUT2D eigenvalue weighted by Crippen LogP contribution is -1.70. The van der Waals surface area contributed by atoms with Gasteiger partial charge < -0.3 is 0 Å². The highest BCUT2D eigenvalue weighted by Gasteiger charge is 1.99. The van der Waals surface area contributed by atoms with Gasteiger partial charge in [-0.1, -0.05) is 36.4 Å². The Kier molecular flexibility index (Phi) is 1.41. The van der Waals surface area contributed by atoms with Gasteiger partial charge in [-0.05, 0) is 16.2 Å². The van der Waals surface area contributed by atoms with E-state index in [1.807, 2.05) is 5.38 Å². The van der Waals surface area contributed by atoms with E-state index in [1.54, 1.807) is 11.3 Å². The highest BCUT2D eigenvalue weighted by Crippen LogP contribution is 2.28. The van der Waals surface area contributed by atoms with Crippen LogP contribution in [0.3, 0.4) is 0 Å². The van der Waals surface area contributed by atoms with Gasteiger partial charge >= 0.3 is 0 Å². The Labute approximate surface area is 80.4 Å².